The monoisotopic (exact) mass is 306 g/mol. The maximum absolute atomic E-state index is 3.91. The molecule has 0 aromatic heterocycles. The molecule has 1 saturated heterocycles. The van der Waals surface area contributed by atoms with Crippen LogP contribution in [0.4, 0.5) is 0 Å². The van der Waals surface area contributed by atoms with E-state index in [2.05, 4.69) is 71.3 Å². The van der Waals surface area contributed by atoms with Gasteiger partial charge in [-0.25, -0.2) is 0 Å². The molecule has 0 amide bonds. The number of hydrogen-bond donors (Lipinski definition) is 2. The second kappa shape index (κ2) is 6.86. The quantitative estimate of drug-likeness (QED) is 0.868. The van der Waals surface area contributed by atoms with Crippen molar-refractivity contribution in [2.45, 2.75) is 50.4 Å². The molecular weight excluding hydrogens is 280 g/mol. The lowest BCUT2D eigenvalue weighted by Crippen LogP contribution is -2.40. The Kier molecular flexibility index (Phi) is 4.45. The molecule has 2 aliphatic rings. The summed E-state index contributed by atoms with van der Waals surface area (Å²) in [6, 6.07) is 22.5. The third-order valence-electron chi connectivity index (χ3n) is 5.49. The Bertz CT molecular complexity index is 557. The number of hydrogen-bond acceptors (Lipinski definition) is 2. The minimum Gasteiger partial charge on any atom is -0.293 e. The first-order chi connectivity index (χ1) is 11.4. The van der Waals surface area contributed by atoms with E-state index in [1.807, 2.05) is 0 Å². The van der Waals surface area contributed by atoms with Crippen LogP contribution in [-0.2, 0) is 0 Å². The van der Waals surface area contributed by atoms with Crippen molar-refractivity contribution in [3.63, 3.8) is 0 Å². The van der Waals surface area contributed by atoms with Crippen LogP contribution in [0, 0.1) is 5.92 Å². The van der Waals surface area contributed by atoms with Crippen LogP contribution < -0.4 is 10.6 Å². The second-order valence-corrected chi connectivity index (χ2v) is 6.99. The van der Waals surface area contributed by atoms with Crippen molar-refractivity contribution in [2.75, 3.05) is 0 Å². The van der Waals surface area contributed by atoms with Crippen LogP contribution in [0.25, 0.3) is 0 Å². The molecule has 1 heterocycles. The molecule has 2 aromatic rings. The zero-order valence-electron chi connectivity index (χ0n) is 13.6. The van der Waals surface area contributed by atoms with Crippen LogP contribution in [0.2, 0.25) is 0 Å². The third-order valence-corrected chi connectivity index (χ3v) is 5.49. The smallest absolute Gasteiger partial charge is 0.0611 e. The Morgan fingerprint density at radius 1 is 0.609 bits per heavy atom. The first kappa shape index (κ1) is 14.9. The van der Waals surface area contributed by atoms with Crippen LogP contribution in [0.1, 0.15) is 55.3 Å². The molecule has 0 spiro atoms. The molecule has 2 fully saturated rings. The first-order valence-electron chi connectivity index (χ1n) is 9.04. The lowest BCUT2D eigenvalue weighted by molar-refractivity contribution is 0.264. The van der Waals surface area contributed by atoms with Gasteiger partial charge in [0, 0.05) is 0 Å². The lowest BCUT2D eigenvalue weighted by atomic mass is 9.87. The van der Waals surface area contributed by atoms with Gasteiger partial charge in [-0.3, -0.25) is 10.6 Å². The van der Waals surface area contributed by atoms with Gasteiger partial charge in [-0.05, 0) is 29.9 Å². The molecule has 0 radical (unpaired) electrons. The van der Waals surface area contributed by atoms with E-state index in [0.717, 1.165) is 5.92 Å². The summed E-state index contributed by atoms with van der Waals surface area (Å²) >= 11 is 0. The summed E-state index contributed by atoms with van der Waals surface area (Å²) in [5.41, 5.74) is 2.76. The van der Waals surface area contributed by atoms with E-state index < -0.39 is 0 Å². The molecule has 0 unspecified atom stereocenters. The van der Waals surface area contributed by atoms with E-state index in [9.17, 15) is 0 Å². The highest BCUT2D eigenvalue weighted by Crippen LogP contribution is 2.37. The second-order valence-electron chi connectivity index (χ2n) is 6.99. The van der Waals surface area contributed by atoms with Crippen molar-refractivity contribution in [1.82, 2.24) is 10.6 Å². The molecule has 1 saturated carbocycles. The van der Waals surface area contributed by atoms with Gasteiger partial charge in [0.1, 0.15) is 0 Å². The van der Waals surface area contributed by atoms with E-state index >= 15 is 0 Å². The van der Waals surface area contributed by atoms with Gasteiger partial charge in [0.25, 0.3) is 0 Å². The summed E-state index contributed by atoms with van der Waals surface area (Å²) in [4.78, 5) is 0. The van der Waals surface area contributed by atoms with Crippen molar-refractivity contribution in [3.05, 3.63) is 71.8 Å². The number of benzene rings is 2. The summed E-state index contributed by atoms with van der Waals surface area (Å²) in [7, 11) is 0. The van der Waals surface area contributed by atoms with Gasteiger partial charge in [0.05, 0.1) is 18.2 Å². The highest BCUT2D eigenvalue weighted by atomic mass is 15.2. The Labute approximate surface area is 139 Å². The molecule has 0 bridgehead atoms. The summed E-state index contributed by atoms with van der Waals surface area (Å²) in [5.74, 6) is 0.767. The Morgan fingerprint density at radius 3 is 1.57 bits per heavy atom. The van der Waals surface area contributed by atoms with Crippen molar-refractivity contribution in [2.24, 2.45) is 5.92 Å². The molecule has 23 heavy (non-hydrogen) atoms. The fraction of sp³-hybridized carbons (Fsp3) is 0.429. The van der Waals surface area contributed by atoms with Crippen LogP contribution in [-0.4, -0.2) is 6.17 Å². The van der Waals surface area contributed by atoms with Crippen molar-refractivity contribution in [3.8, 4) is 0 Å². The van der Waals surface area contributed by atoms with Crippen molar-refractivity contribution < 1.29 is 0 Å². The van der Waals surface area contributed by atoms with E-state index in [1.165, 1.54) is 43.2 Å². The van der Waals surface area contributed by atoms with Gasteiger partial charge in [0.15, 0.2) is 0 Å². The SMILES string of the molecule is c1ccc([C@H]2NC(C3CCCCC3)N[C@@H]2c2ccccc2)cc1. The summed E-state index contributed by atoms with van der Waals surface area (Å²) in [6.45, 7) is 0. The highest BCUT2D eigenvalue weighted by molar-refractivity contribution is 5.29. The largest absolute Gasteiger partial charge is 0.293 e. The highest BCUT2D eigenvalue weighted by Gasteiger charge is 2.38. The van der Waals surface area contributed by atoms with Crippen molar-refractivity contribution >= 4 is 0 Å². The zero-order valence-corrected chi connectivity index (χ0v) is 13.6. The van der Waals surface area contributed by atoms with Gasteiger partial charge < -0.3 is 0 Å². The van der Waals surface area contributed by atoms with Crippen LogP contribution in [0.3, 0.4) is 0 Å². The molecule has 1 aliphatic heterocycles. The minimum absolute atomic E-state index is 0.352. The lowest BCUT2D eigenvalue weighted by Gasteiger charge is -2.28. The summed E-state index contributed by atoms with van der Waals surface area (Å²) < 4.78 is 0. The van der Waals surface area contributed by atoms with E-state index in [4.69, 9.17) is 0 Å². The van der Waals surface area contributed by atoms with Crippen LogP contribution >= 0.6 is 0 Å². The van der Waals surface area contributed by atoms with Crippen LogP contribution in [0.15, 0.2) is 60.7 Å². The van der Waals surface area contributed by atoms with E-state index in [-0.39, 0.29) is 0 Å². The molecule has 2 aromatic carbocycles. The van der Waals surface area contributed by atoms with Gasteiger partial charge in [-0.2, -0.15) is 0 Å². The minimum atomic E-state index is 0.352. The normalized spacial score (nSPS) is 26.4. The maximum Gasteiger partial charge on any atom is 0.0611 e. The summed E-state index contributed by atoms with van der Waals surface area (Å²) in [5, 5.41) is 7.83. The van der Waals surface area contributed by atoms with Gasteiger partial charge in [-0.15, -0.1) is 0 Å². The molecule has 2 nitrogen and oxygen atoms in total. The molecule has 2 atom stereocenters. The average Bonchev–Trinajstić information content (AvgIpc) is 3.09. The fourth-order valence-electron chi connectivity index (χ4n) is 4.27. The molecule has 2 N–H and O–H groups in total. The van der Waals surface area contributed by atoms with E-state index in [1.54, 1.807) is 0 Å². The predicted molar refractivity (Wildman–Crippen MR) is 95.0 cm³/mol. The first-order valence-corrected chi connectivity index (χ1v) is 9.04. The molecule has 120 valence electrons. The Morgan fingerprint density at radius 2 is 1.09 bits per heavy atom. The molecule has 1 aliphatic carbocycles. The summed E-state index contributed by atoms with van der Waals surface area (Å²) in [6.07, 6.45) is 7.33. The molecule has 4 rings (SSSR count). The predicted octanol–water partition coefficient (Wildman–Crippen LogP) is 4.57. The standard InChI is InChI=1S/C21H26N2/c1-4-10-16(11-5-1)19-20(17-12-6-2-7-13-17)23-21(22-19)18-14-8-3-9-15-18/h1-2,4-7,10-13,18-23H,3,8-9,14-15H2/t19-,20-/m1/s1. The Hall–Kier alpha value is -1.64. The molecular formula is C21H26N2. The Balaban J connectivity index is 1.61. The van der Waals surface area contributed by atoms with Gasteiger partial charge in [-0.1, -0.05) is 79.9 Å². The zero-order chi connectivity index (χ0) is 15.5. The van der Waals surface area contributed by atoms with Gasteiger partial charge >= 0.3 is 0 Å². The van der Waals surface area contributed by atoms with E-state index in [0.29, 0.717) is 18.2 Å². The van der Waals surface area contributed by atoms with Crippen molar-refractivity contribution in [1.29, 1.82) is 0 Å². The molecule has 2 heteroatoms. The van der Waals surface area contributed by atoms with Gasteiger partial charge in [0.2, 0.25) is 0 Å². The number of nitrogens with one attached hydrogen (secondary N) is 2. The third kappa shape index (κ3) is 3.19. The average molecular weight is 306 g/mol. The maximum atomic E-state index is 3.91. The topological polar surface area (TPSA) is 24.1 Å². The number of rotatable bonds is 3. The van der Waals surface area contributed by atoms with Crippen LogP contribution in [0.5, 0.6) is 0 Å². The fourth-order valence-corrected chi connectivity index (χ4v) is 4.27.